The van der Waals surface area contributed by atoms with Gasteiger partial charge in [-0.3, -0.25) is 0 Å². The molecule has 0 saturated carbocycles. The molecule has 0 saturated heterocycles. The summed E-state index contributed by atoms with van der Waals surface area (Å²) >= 11 is 5.75. The Hall–Kier alpha value is -1.22. The van der Waals surface area contributed by atoms with E-state index in [9.17, 15) is 0 Å². The lowest BCUT2D eigenvalue weighted by Gasteiger charge is -1.94. The van der Waals surface area contributed by atoms with Crippen LogP contribution in [0.4, 0.5) is 5.69 Å². The third-order valence-electron chi connectivity index (χ3n) is 1.47. The van der Waals surface area contributed by atoms with Crippen LogP contribution in [0.15, 0.2) is 22.9 Å². The highest BCUT2D eigenvalue weighted by Crippen LogP contribution is 2.25. The number of rotatable bonds is 0. The second-order valence-electron chi connectivity index (χ2n) is 2.24. The average Bonchev–Trinajstić information content (AvgIpc) is 2.36. The van der Waals surface area contributed by atoms with Crippen LogP contribution in [0.1, 0.15) is 0 Å². The third-order valence-corrected chi connectivity index (χ3v) is 1.80. The van der Waals surface area contributed by atoms with Crippen LogP contribution >= 0.6 is 11.6 Å². The van der Waals surface area contributed by atoms with Crippen LogP contribution in [-0.2, 0) is 0 Å². The van der Waals surface area contributed by atoms with Crippen molar-refractivity contribution in [1.82, 2.24) is 5.16 Å². The summed E-state index contributed by atoms with van der Waals surface area (Å²) in [5.41, 5.74) is 6.69. The molecule has 0 unspecified atom stereocenters. The molecule has 1 aromatic carbocycles. The van der Waals surface area contributed by atoms with E-state index in [1.165, 1.54) is 0 Å². The number of hydrogen-bond acceptors (Lipinski definition) is 3. The van der Waals surface area contributed by atoms with E-state index in [0.717, 1.165) is 5.39 Å². The normalized spacial score (nSPS) is 10.6. The van der Waals surface area contributed by atoms with Crippen LogP contribution in [0.25, 0.3) is 11.0 Å². The molecule has 1 aromatic heterocycles. The molecule has 0 spiro atoms. The van der Waals surface area contributed by atoms with Crippen molar-refractivity contribution < 1.29 is 4.52 Å². The Morgan fingerprint density at radius 1 is 1.45 bits per heavy atom. The van der Waals surface area contributed by atoms with E-state index in [1.54, 1.807) is 18.3 Å². The lowest BCUT2D eigenvalue weighted by atomic mass is 10.2. The smallest absolute Gasteiger partial charge is 0.168 e. The number of halogens is 1. The van der Waals surface area contributed by atoms with Crippen molar-refractivity contribution in [3.8, 4) is 0 Å². The number of nitrogen functional groups attached to an aromatic ring is 1. The van der Waals surface area contributed by atoms with E-state index in [1.807, 2.05) is 0 Å². The van der Waals surface area contributed by atoms with Crippen LogP contribution in [0.2, 0.25) is 5.02 Å². The fourth-order valence-corrected chi connectivity index (χ4v) is 1.08. The number of fused-ring (bicyclic) bond motifs is 1. The van der Waals surface area contributed by atoms with E-state index in [0.29, 0.717) is 16.3 Å². The highest BCUT2D eigenvalue weighted by Gasteiger charge is 2.01. The second kappa shape index (κ2) is 2.13. The number of hydrogen-bond donors (Lipinski definition) is 1. The predicted molar refractivity (Wildman–Crippen MR) is 43.4 cm³/mol. The van der Waals surface area contributed by atoms with E-state index >= 15 is 0 Å². The topological polar surface area (TPSA) is 52.0 Å². The standard InChI is InChI=1S/C7H5ClN2O/c8-5-1-4-3-10-11-7(4)2-6(5)9/h1-3H,9H2. The number of aromatic nitrogens is 1. The first-order valence-corrected chi connectivity index (χ1v) is 3.44. The van der Waals surface area contributed by atoms with Gasteiger partial charge in [-0.1, -0.05) is 16.8 Å². The molecule has 2 N–H and O–H groups in total. The first-order chi connectivity index (χ1) is 5.27. The Kier molecular flexibility index (Phi) is 1.26. The molecule has 0 radical (unpaired) electrons. The monoisotopic (exact) mass is 168 g/mol. The Bertz CT molecular complexity index is 360. The average molecular weight is 169 g/mol. The molecule has 1 heterocycles. The summed E-state index contributed by atoms with van der Waals surface area (Å²) in [5.74, 6) is 0. The van der Waals surface area contributed by atoms with Gasteiger partial charge >= 0.3 is 0 Å². The molecule has 4 heteroatoms. The molecular weight excluding hydrogens is 164 g/mol. The summed E-state index contributed by atoms with van der Waals surface area (Å²) in [5, 5.41) is 4.99. The second-order valence-corrected chi connectivity index (χ2v) is 2.64. The minimum Gasteiger partial charge on any atom is -0.397 e. The fourth-order valence-electron chi connectivity index (χ4n) is 0.904. The first-order valence-electron chi connectivity index (χ1n) is 3.07. The van der Waals surface area contributed by atoms with Gasteiger partial charge in [0.15, 0.2) is 5.58 Å². The number of anilines is 1. The zero-order valence-corrected chi connectivity index (χ0v) is 6.30. The zero-order valence-electron chi connectivity index (χ0n) is 5.54. The van der Waals surface area contributed by atoms with Crippen molar-refractivity contribution in [2.45, 2.75) is 0 Å². The SMILES string of the molecule is Nc1cc2oncc2cc1Cl. The van der Waals surface area contributed by atoms with Crippen LogP contribution < -0.4 is 5.73 Å². The molecule has 0 amide bonds. The van der Waals surface area contributed by atoms with Gasteiger partial charge < -0.3 is 10.3 Å². The van der Waals surface area contributed by atoms with Crippen LogP contribution in [0.5, 0.6) is 0 Å². The summed E-state index contributed by atoms with van der Waals surface area (Å²) in [6, 6.07) is 3.38. The van der Waals surface area contributed by atoms with Crippen molar-refractivity contribution in [2.75, 3.05) is 5.73 Å². The van der Waals surface area contributed by atoms with Gasteiger partial charge in [-0.05, 0) is 6.07 Å². The summed E-state index contributed by atoms with van der Waals surface area (Å²) in [7, 11) is 0. The highest BCUT2D eigenvalue weighted by molar-refractivity contribution is 6.33. The maximum Gasteiger partial charge on any atom is 0.168 e. The minimum absolute atomic E-state index is 0.510. The van der Waals surface area contributed by atoms with Gasteiger partial charge in [0.1, 0.15) is 0 Å². The van der Waals surface area contributed by atoms with Gasteiger partial charge in [0.05, 0.1) is 16.9 Å². The first kappa shape index (κ1) is 6.49. The van der Waals surface area contributed by atoms with Gasteiger partial charge in [-0.15, -0.1) is 0 Å². The fraction of sp³-hybridized carbons (Fsp3) is 0. The summed E-state index contributed by atoms with van der Waals surface area (Å²) in [6.45, 7) is 0. The quantitative estimate of drug-likeness (QED) is 0.613. The lowest BCUT2D eigenvalue weighted by Crippen LogP contribution is -1.84. The van der Waals surface area contributed by atoms with Gasteiger partial charge in [0, 0.05) is 11.5 Å². The van der Waals surface area contributed by atoms with Gasteiger partial charge in [0.2, 0.25) is 0 Å². The van der Waals surface area contributed by atoms with E-state index in [-0.39, 0.29) is 0 Å². The van der Waals surface area contributed by atoms with E-state index in [2.05, 4.69) is 5.16 Å². The molecule has 3 nitrogen and oxygen atoms in total. The summed E-state index contributed by atoms with van der Waals surface area (Å²) < 4.78 is 4.87. The molecule has 0 aliphatic heterocycles. The molecular formula is C7H5ClN2O. The molecule has 0 aliphatic carbocycles. The highest BCUT2D eigenvalue weighted by atomic mass is 35.5. The molecule has 0 aliphatic rings. The number of nitrogens with two attached hydrogens (primary N) is 1. The van der Waals surface area contributed by atoms with Crippen LogP contribution in [0, 0.1) is 0 Å². The van der Waals surface area contributed by atoms with Gasteiger partial charge in [-0.25, -0.2) is 0 Å². The molecule has 0 bridgehead atoms. The zero-order chi connectivity index (χ0) is 7.84. The van der Waals surface area contributed by atoms with Crippen molar-refractivity contribution >= 4 is 28.3 Å². The number of nitrogens with zero attached hydrogens (tertiary/aromatic N) is 1. The summed E-state index contributed by atoms with van der Waals surface area (Å²) in [4.78, 5) is 0. The van der Waals surface area contributed by atoms with Crippen LogP contribution in [0.3, 0.4) is 0 Å². The van der Waals surface area contributed by atoms with Crippen molar-refractivity contribution in [1.29, 1.82) is 0 Å². The Labute approximate surface area is 67.7 Å². The Morgan fingerprint density at radius 3 is 3.09 bits per heavy atom. The molecule has 56 valence electrons. The Balaban J connectivity index is 2.86. The largest absolute Gasteiger partial charge is 0.397 e. The van der Waals surface area contributed by atoms with Crippen LogP contribution in [-0.4, -0.2) is 5.16 Å². The molecule has 2 rings (SSSR count). The van der Waals surface area contributed by atoms with Crippen molar-refractivity contribution in [3.63, 3.8) is 0 Å². The molecule has 0 atom stereocenters. The molecule has 2 aromatic rings. The van der Waals surface area contributed by atoms with Crippen molar-refractivity contribution in [3.05, 3.63) is 23.4 Å². The maximum atomic E-state index is 5.75. The molecule has 0 fully saturated rings. The van der Waals surface area contributed by atoms with Crippen molar-refractivity contribution in [2.24, 2.45) is 0 Å². The van der Waals surface area contributed by atoms with Gasteiger partial charge in [-0.2, -0.15) is 0 Å². The lowest BCUT2D eigenvalue weighted by molar-refractivity contribution is 0.456. The van der Waals surface area contributed by atoms with Gasteiger partial charge in [0.25, 0.3) is 0 Å². The van der Waals surface area contributed by atoms with E-state index in [4.69, 9.17) is 21.9 Å². The minimum atomic E-state index is 0.510. The van der Waals surface area contributed by atoms with E-state index < -0.39 is 0 Å². The number of benzene rings is 1. The third kappa shape index (κ3) is 0.935. The summed E-state index contributed by atoms with van der Waals surface area (Å²) in [6.07, 6.45) is 1.60. The maximum absolute atomic E-state index is 5.75. The predicted octanol–water partition coefficient (Wildman–Crippen LogP) is 2.06. The molecule has 11 heavy (non-hydrogen) atoms. The Morgan fingerprint density at radius 2 is 2.27 bits per heavy atom.